The van der Waals surface area contributed by atoms with Crippen molar-refractivity contribution >= 4 is 23.0 Å². The van der Waals surface area contributed by atoms with Crippen LogP contribution >= 0.6 is 0 Å². The molecule has 3 rings (SSSR count). The number of aryl methyl sites for hydroxylation is 2. The van der Waals surface area contributed by atoms with Gasteiger partial charge in [0.2, 0.25) is 11.9 Å². The lowest BCUT2D eigenvalue weighted by molar-refractivity contribution is -0.118. The van der Waals surface area contributed by atoms with Gasteiger partial charge in [-0.15, -0.1) is 0 Å². The molecule has 1 amide bonds. The largest absolute Gasteiger partial charge is 0.370 e. The van der Waals surface area contributed by atoms with Crippen LogP contribution in [0.5, 0.6) is 0 Å². The summed E-state index contributed by atoms with van der Waals surface area (Å²) in [7, 11) is 3.26. The topological polar surface area (TPSA) is 117 Å². The molecule has 0 bridgehead atoms. The monoisotopic (exact) mass is 370 g/mol. The van der Waals surface area contributed by atoms with E-state index in [0.29, 0.717) is 23.7 Å². The molecule has 0 saturated carbocycles. The van der Waals surface area contributed by atoms with Gasteiger partial charge in [-0.3, -0.25) is 18.7 Å². The molecule has 0 fully saturated rings. The van der Waals surface area contributed by atoms with Crippen LogP contribution in [0.4, 0.5) is 5.95 Å². The van der Waals surface area contributed by atoms with Crippen molar-refractivity contribution in [2.24, 2.45) is 19.8 Å². The van der Waals surface area contributed by atoms with Crippen molar-refractivity contribution in [2.45, 2.75) is 19.4 Å². The number of nitrogens with one attached hydrogen (secondary N) is 1. The van der Waals surface area contributed by atoms with Gasteiger partial charge in [0.05, 0.1) is 0 Å². The summed E-state index contributed by atoms with van der Waals surface area (Å²) >= 11 is 0. The van der Waals surface area contributed by atoms with Gasteiger partial charge < -0.3 is 15.6 Å². The molecule has 0 aliphatic heterocycles. The van der Waals surface area contributed by atoms with Crippen LogP contribution in [0.15, 0.2) is 39.9 Å². The number of hydrogen-bond acceptors (Lipinski definition) is 5. The smallest absolute Gasteiger partial charge is 0.332 e. The second kappa shape index (κ2) is 7.48. The normalized spacial score (nSPS) is 11.0. The first-order chi connectivity index (χ1) is 12.9. The fraction of sp³-hybridized carbons (Fsp3) is 0.333. The Morgan fingerprint density at radius 1 is 1.15 bits per heavy atom. The zero-order chi connectivity index (χ0) is 19.6. The Morgan fingerprint density at radius 2 is 1.85 bits per heavy atom. The zero-order valence-corrected chi connectivity index (χ0v) is 15.3. The third-order valence-corrected chi connectivity index (χ3v) is 4.48. The Bertz CT molecular complexity index is 1090. The van der Waals surface area contributed by atoms with E-state index in [2.05, 4.69) is 10.3 Å². The van der Waals surface area contributed by atoms with Gasteiger partial charge in [-0.1, -0.05) is 30.3 Å². The van der Waals surface area contributed by atoms with Crippen LogP contribution in [0.2, 0.25) is 0 Å². The summed E-state index contributed by atoms with van der Waals surface area (Å²) in [6.45, 7) is 0.573. The van der Waals surface area contributed by atoms with Gasteiger partial charge in [-0.2, -0.15) is 4.98 Å². The first-order valence-electron chi connectivity index (χ1n) is 8.62. The predicted molar refractivity (Wildman–Crippen MR) is 103 cm³/mol. The summed E-state index contributed by atoms with van der Waals surface area (Å²) in [6, 6.07) is 10.0. The summed E-state index contributed by atoms with van der Waals surface area (Å²) in [5.74, 6) is -0.0713. The van der Waals surface area contributed by atoms with Crippen molar-refractivity contribution in [3.63, 3.8) is 0 Å². The van der Waals surface area contributed by atoms with Crippen LogP contribution < -0.4 is 22.3 Å². The lowest BCUT2D eigenvalue weighted by Crippen LogP contribution is -2.40. The van der Waals surface area contributed by atoms with Crippen LogP contribution in [0.1, 0.15) is 12.0 Å². The van der Waals surface area contributed by atoms with Crippen molar-refractivity contribution in [2.75, 3.05) is 11.9 Å². The second-order valence-electron chi connectivity index (χ2n) is 6.34. The van der Waals surface area contributed by atoms with Crippen molar-refractivity contribution in [1.29, 1.82) is 0 Å². The lowest BCUT2D eigenvalue weighted by Gasteiger charge is -2.08. The molecule has 9 heteroatoms. The molecule has 142 valence electrons. The number of nitrogens with zero attached hydrogens (tertiary/aromatic N) is 4. The lowest BCUT2D eigenvalue weighted by atomic mass is 10.1. The molecule has 0 radical (unpaired) electrons. The third kappa shape index (κ3) is 3.62. The maximum atomic E-state index is 12.8. The SMILES string of the molecule is Cn1c(NCCc2ccccc2)nc2c1c(=O)n(CCC(N)=O)c(=O)n2C. The molecule has 9 nitrogen and oxygen atoms in total. The molecule has 2 heterocycles. The van der Waals surface area contributed by atoms with Gasteiger partial charge in [-0.05, 0) is 12.0 Å². The highest BCUT2D eigenvalue weighted by molar-refractivity contribution is 5.75. The fourth-order valence-electron chi connectivity index (χ4n) is 2.98. The highest BCUT2D eigenvalue weighted by Gasteiger charge is 2.18. The molecule has 1 aromatic carbocycles. The minimum absolute atomic E-state index is 0.0568. The number of benzene rings is 1. The maximum Gasteiger partial charge on any atom is 0.332 e. The molecule has 0 unspecified atom stereocenters. The Labute approximate surface area is 155 Å². The van der Waals surface area contributed by atoms with E-state index in [1.54, 1.807) is 18.7 Å². The van der Waals surface area contributed by atoms with Crippen molar-refractivity contribution < 1.29 is 4.79 Å². The number of primary amides is 1. The Balaban J connectivity index is 1.92. The van der Waals surface area contributed by atoms with E-state index in [9.17, 15) is 14.4 Å². The first kappa shape index (κ1) is 18.4. The molecular formula is C18H22N6O3. The Morgan fingerprint density at radius 3 is 2.52 bits per heavy atom. The minimum atomic E-state index is -0.572. The van der Waals surface area contributed by atoms with Crippen LogP contribution in [-0.2, 0) is 31.9 Å². The van der Waals surface area contributed by atoms with E-state index in [1.807, 2.05) is 30.3 Å². The average molecular weight is 370 g/mol. The van der Waals surface area contributed by atoms with E-state index in [4.69, 9.17) is 5.73 Å². The van der Waals surface area contributed by atoms with Crippen LogP contribution in [0.25, 0.3) is 11.2 Å². The van der Waals surface area contributed by atoms with Gasteiger partial charge in [0, 0.05) is 33.6 Å². The standard InChI is InChI=1S/C18H22N6O3/c1-22-14-15(21-17(22)20-10-8-12-6-4-3-5-7-12)23(2)18(27)24(16(14)26)11-9-13(19)25/h3-7H,8-11H2,1-2H3,(H2,19,25)(H,20,21). The molecule has 0 spiro atoms. The average Bonchev–Trinajstić information content (AvgIpc) is 2.97. The van der Waals surface area contributed by atoms with Crippen molar-refractivity contribution in [3.05, 3.63) is 56.7 Å². The van der Waals surface area contributed by atoms with E-state index < -0.39 is 17.2 Å². The van der Waals surface area contributed by atoms with Crippen LogP contribution in [0, 0.1) is 0 Å². The summed E-state index contributed by atoms with van der Waals surface area (Å²) in [6.07, 6.45) is 0.715. The molecule has 0 aliphatic rings. The number of fused-ring (bicyclic) bond motifs is 1. The molecular weight excluding hydrogens is 348 g/mol. The number of aromatic nitrogens is 4. The minimum Gasteiger partial charge on any atom is -0.370 e. The fourth-order valence-corrected chi connectivity index (χ4v) is 2.98. The summed E-state index contributed by atoms with van der Waals surface area (Å²) in [5.41, 5.74) is 5.90. The number of hydrogen-bond donors (Lipinski definition) is 2. The molecule has 3 aromatic rings. The summed E-state index contributed by atoms with van der Waals surface area (Å²) in [5, 5.41) is 3.21. The maximum absolute atomic E-state index is 12.8. The number of nitrogens with two attached hydrogens (primary N) is 1. The molecule has 0 saturated heterocycles. The predicted octanol–water partition coefficient (Wildman–Crippen LogP) is -0.0363. The Kier molecular flexibility index (Phi) is 5.11. The molecule has 3 N–H and O–H groups in total. The number of anilines is 1. The van der Waals surface area contributed by atoms with Gasteiger partial charge in [0.1, 0.15) is 0 Å². The van der Waals surface area contributed by atoms with Gasteiger partial charge in [0.25, 0.3) is 5.56 Å². The van der Waals surface area contributed by atoms with E-state index in [1.165, 1.54) is 10.1 Å². The molecule has 27 heavy (non-hydrogen) atoms. The van der Waals surface area contributed by atoms with Crippen LogP contribution in [0.3, 0.4) is 0 Å². The molecule has 0 atom stereocenters. The number of amides is 1. The third-order valence-electron chi connectivity index (χ3n) is 4.48. The summed E-state index contributed by atoms with van der Waals surface area (Å²) < 4.78 is 3.95. The van der Waals surface area contributed by atoms with E-state index >= 15 is 0 Å². The second-order valence-corrected chi connectivity index (χ2v) is 6.34. The Hall–Kier alpha value is -3.36. The van der Waals surface area contributed by atoms with E-state index in [0.717, 1.165) is 11.0 Å². The number of carbonyl (C=O) groups is 1. The van der Waals surface area contributed by atoms with Gasteiger partial charge in [0.15, 0.2) is 11.2 Å². The number of imidazole rings is 1. The van der Waals surface area contributed by atoms with Crippen molar-refractivity contribution in [3.8, 4) is 0 Å². The highest BCUT2D eigenvalue weighted by Crippen LogP contribution is 2.13. The number of rotatable bonds is 7. The van der Waals surface area contributed by atoms with E-state index in [-0.39, 0.29) is 13.0 Å². The first-order valence-corrected chi connectivity index (χ1v) is 8.62. The highest BCUT2D eigenvalue weighted by atomic mass is 16.2. The van der Waals surface area contributed by atoms with Crippen LogP contribution in [-0.4, -0.2) is 31.1 Å². The molecule has 2 aromatic heterocycles. The zero-order valence-electron chi connectivity index (χ0n) is 15.3. The van der Waals surface area contributed by atoms with Crippen molar-refractivity contribution in [1.82, 2.24) is 18.7 Å². The number of carbonyl (C=O) groups excluding carboxylic acids is 1. The molecule has 0 aliphatic carbocycles. The van der Waals surface area contributed by atoms with Gasteiger partial charge in [-0.25, -0.2) is 4.79 Å². The summed E-state index contributed by atoms with van der Waals surface area (Å²) in [4.78, 5) is 40.6. The quantitative estimate of drug-likeness (QED) is 0.605. The van der Waals surface area contributed by atoms with Gasteiger partial charge >= 0.3 is 5.69 Å².